The van der Waals surface area contributed by atoms with E-state index in [-0.39, 0.29) is 5.91 Å². The van der Waals surface area contributed by atoms with Crippen molar-refractivity contribution >= 4 is 5.91 Å². The summed E-state index contributed by atoms with van der Waals surface area (Å²) in [6, 6.07) is 2.75. The van der Waals surface area contributed by atoms with E-state index in [1.165, 1.54) is 51.4 Å². The molecule has 0 bridgehead atoms. The molecule has 126 valence electrons. The zero-order chi connectivity index (χ0) is 15.6. The molecule has 0 N–H and O–H groups in total. The molecule has 0 spiro atoms. The molecule has 4 heteroatoms. The van der Waals surface area contributed by atoms with Gasteiger partial charge in [-0.15, -0.1) is 0 Å². The third kappa shape index (κ3) is 3.31. The normalized spacial score (nSPS) is 23.8. The van der Waals surface area contributed by atoms with Crippen LogP contribution in [0.2, 0.25) is 0 Å². The van der Waals surface area contributed by atoms with Crippen LogP contribution in [-0.2, 0) is 0 Å². The van der Waals surface area contributed by atoms with Gasteiger partial charge in [-0.1, -0.05) is 43.7 Å². The van der Waals surface area contributed by atoms with Gasteiger partial charge in [-0.25, -0.2) is 0 Å². The zero-order valence-electron chi connectivity index (χ0n) is 14.0. The van der Waals surface area contributed by atoms with Gasteiger partial charge in [-0.2, -0.15) is 0 Å². The minimum atomic E-state index is 0.124. The average Bonchev–Trinajstić information content (AvgIpc) is 3.34. The van der Waals surface area contributed by atoms with Crippen LogP contribution in [0.3, 0.4) is 0 Å². The number of carbonyl (C=O) groups is 1. The van der Waals surface area contributed by atoms with Crippen LogP contribution in [0.5, 0.6) is 0 Å². The van der Waals surface area contributed by atoms with E-state index in [1.54, 1.807) is 0 Å². The van der Waals surface area contributed by atoms with Crippen molar-refractivity contribution < 1.29 is 9.32 Å². The summed E-state index contributed by atoms with van der Waals surface area (Å²) in [7, 11) is 0. The molecular formula is C19H28N2O2. The summed E-state index contributed by atoms with van der Waals surface area (Å²) in [6.45, 7) is 0. The number of hydrogen-bond donors (Lipinski definition) is 0. The van der Waals surface area contributed by atoms with Crippen molar-refractivity contribution in [1.82, 2.24) is 10.1 Å². The summed E-state index contributed by atoms with van der Waals surface area (Å²) in [5.74, 6) is 1.56. The number of hydrogen-bond acceptors (Lipinski definition) is 3. The van der Waals surface area contributed by atoms with Crippen molar-refractivity contribution in [2.45, 2.75) is 95.1 Å². The fraction of sp³-hybridized carbons (Fsp3) is 0.789. The van der Waals surface area contributed by atoms with Gasteiger partial charge in [-0.05, 0) is 38.5 Å². The van der Waals surface area contributed by atoms with Crippen LogP contribution in [0, 0.1) is 0 Å². The van der Waals surface area contributed by atoms with Crippen LogP contribution in [0.15, 0.2) is 10.6 Å². The maximum Gasteiger partial charge on any atom is 0.276 e. The summed E-state index contributed by atoms with van der Waals surface area (Å²) in [6.07, 6.45) is 14.7. The highest BCUT2D eigenvalue weighted by molar-refractivity contribution is 5.92. The minimum Gasteiger partial charge on any atom is -0.360 e. The highest BCUT2D eigenvalue weighted by Crippen LogP contribution is 2.40. The lowest BCUT2D eigenvalue weighted by Gasteiger charge is -2.41. The molecule has 1 aromatic rings. The van der Waals surface area contributed by atoms with Gasteiger partial charge in [0, 0.05) is 24.1 Å². The van der Waals surface area contributed by atoms with Crippen LogP contribution in [0.4, 0.5) is 0 Å². The van der Waals surface area contributed by atoms with E-state index in [4.69, 9.17) is 4.52 Å². The molecule has 3 aliphatic carbocycles. The Morgan fingerprint density at radius 1 is 0.913 bits per heavy atom. The van der Waals surface area contributed by atoms with E-state index in [0.29, 0.717) is 23.7 Å². The second-order valence-electron chi connectivity index (χ2n) is 7.68. The largest absolute Gasteiger partial charge is 0.360 e. The quantitative estimate of drug-likeness (QED) is 0.811. The molecule has 4 nitrogen and oxygen atoms in total. The highest BCUT2D eigenvalue weighted by atomic mass is 16.5. The molecule has 1 aromatic heterocycles. The molecule has 3 fully saturated rings. The van der Waals surface area contributed by atoms with Crippen molar-refractivity contribution in [3.63, 3.8) is 0 Å². The third-order valence-electron chi connectivity index (χ3n) is 5.90. The lowest BCUT2D eigenvalue weighted by atomic mass is 9.88. The van der Waals surface area contributed by atoms with Gasteiger partial charge < -0.3 is 9.42 Å². The fourth-order valence-corrected chi connectivity index (χ4v) is 4.43. The Morgan fingerprint density at radius 3 is 2.00 bits per heavy atom. The molecule has 3 aliphatic rings. The molecule has 0 aliphatic heterocycles. The molecule has 3 saturated carbocycles. The summed E-state index contributed by atoms with van der Waals surface area (Å²) in [4.78, 5) is 15.4. The molecule has 23 heavy (non-hydrogen) atoms. The fourth-order valence-electron chi connectivity index (χ4n) is 4.43. The van der Waals surface area contributed by atoms with E-state index in [1.807, 2.05) is 6.07 Å². The number of nitrogens with zero attached hydrogens (tertiary/aromatic N) is 2. The Hall–Kier alpha value is -1.32. The topological polar surface area (TPSA) is 46.3 Å². The van der Waals surface area contributed by atoms with Crippen molar-refractivity contribution in [2.75, 3.05) is 0 Å². The smallest absolute Gasteiger partial charge is 0.276 e. The summed E-state index contributed by atoms with van der Waals surface area (Å²) in [5, 5.41) is 4.12. The predicted molar refractivity (Wildman–Crippen MR) is 88.4 cm³/mol. The Balaban J connectivity index is 1.55. The van der Waals surface area contributed by atoms with E-state index in [9.17, 15) is 4.79 Å². The zero-order valence-corrected chi connectivity index (χ0v) is 14.0. The number of carbonyl (C=O) groups excluding carboxylic acids is 1. The van der Waals surface area contributed by atoms with Gasteiger partial charge in [0.25, 0.3) is 5.91 Å². The van der Waals surface area contributed by atoms with Crippen LogP contribution in [-0.4, -0.2) is 28.0 Å². The molecule has 0 unspecified atom stereocenters. The number of rotatable bonds is 4. The number of amides is 1. The van der Waals surface area contributed by atoms with Gasteiger partial charge in [0.15, 0.2) is 5.69 Å². The Kier molecular flexibility index (Phi) is 4.41. The predicted octanol–water partition coefficient (Wildman–Crippen LogP) is 4.66. The second-order valence-corrected chi connectivity index (χ2v) is 7.68. The van der Waals surface area contributed by atoms with Gasteiger partial charge >= 0.3 is 0 Å². The third-order valence-corrected chi connectivity index (χ3v) is 5.90. The first-order chi connectivity index (χ1) is 11.3. The SMILES string of the molecule is O=C(c1cc(C2CC2)on1)N(C1CCCCC1)C1CCCCC1. The lowest BCUT2D eigenvalue weighted by Crippen LogP contribution is -2.48. The molecule has 0 saturated heterocycles. The van der Waals surface area contributed by atoms with Crippen LogP contribution < -0.4 is 0 Å². The van der Waals surface area contributed by atoms with E-state index in [0.717, 1.165) is 31.4 Å². The molecule has 1 heterocycles. The van der Waals surface area contributed by atoms with Crippen molar-refractivity contribution in [2.24, 2.45) is 0 Å². The first-order valence-electron chi connectivity index (χ1n) is 9.62. The van der Waals surface area contributed by atoms with Crippen LogP contribution in [0.25, 0.3) is 0 Å². The van der Waals surface area contributed by atoms with E-state index < -0.39 is 0 Å². The number of aromatic nitrogens is 1. The molecule has 0 atom stereocenters. The first-order valence-corrected chi connectivity index (χ1v) is 9.62. The maximum atomic E-state index is 13.2. The first kappa shape index (κ1) is 15.2. The molecule has 0 aromatic carbocycles. The molecule has 0 radical (unpaired) electrons. The van der Waals surface area contributed by atoms with E-state index >= 15 is 0 Å². The van der Waals surface area contributed by atoms with Gasteiger partial charge in [-0.3, -0.25) is 4.79 Å². The lowest BCUT2D eigenvalue weighted by molar-refractivity contribution is 0.0438. The molecular weight excluding hydrogens is 288 g/mol. The Labute approximate surface area is 138 Å². The monoisotopic (exact) mass is 316 g/mol. The van der Waals surface area contributed by atoms with Crippen molar-refractivity contribution in [1.29, 1.82) is 0 Å². The van der Waals surface area contributed by atoms with Gasteiger partial charge in [0.1, 0.15) is 5.76 Å². The Morgan fingerprint density at radius 2 is 1.48 bits per heavy atom. The highest BCUT2D eigenvalue weighted by Gasteiger charge is 2.35. The summed E-state index contributed by atoms with van der Waals surface area (Å²) < 4.78 is 5.44. The van der Waals surface area contributed by atoms with Gasteiger partial charge in [0.05, 0.1) is 0 Å². The molecule has 4 rings (SSSR count). The van der Waals surface area contributed by atoms with Crippen molar-refractivity contribution in [3.05, 3.63) is 17.5 Å². The standard InChI is InChI=1S/C19H28N2O2/c22-19(17-13-18(23-20-17)14-11-12-14)21(15-7-3-1-4-8-15)16-9-5-2-6-10-16/h13-16H,1-12H2. The average molecular weight is 316 g/mol. The van der Waals surface area contributed by atoms with E-state index in [2.05, 4.69) is 10.1 Å². The second kappa shape index (κ2) is 6.66. The van der Waals surface area contributed by atoms with Crippen molar-refractivity contribution in [3.8, 4) is 0 Å². The van der Waals surface area contributed by atoms with Crippen LogP contribution >= 0.6 is 0 Å². The molecule has 1 amide bonds. The maximum absolute atomic E-state index is 13.2. The minimum absolute atomic E-state index is 0.124. The summed E-state index contributed by atoms with van der Waals surface area (Å²) >= 11 is 0. The Bertz CT molecular complexity index is 519. The van der Waals surface area contributed by atoms with Crippen LogP contribution in [0.1, 0.15) is 99.2 Å². The van der Waals surface area contributed by atoms with Gasteiger partial charge in [0.2, 0.25) is 0 Å². The summed E-state index contributed by atoms with van der Waals surface area (Å²) in [5.41, 5.74) is 0.544.